The van der Waals surface area contributed by atoms with E-state index in [0.717, 1.165) is 31.6 Å². The molecule has 0 unspecified atom stereocenters. The molecule has 4 rings (SSSR count). The lowest BCUT2D eigenvalue weighted by Crippen LogP contribution is -2.20. The van der Waals surface area contributed by atoms with Gasteiger partial charge in [-0.2, -0.15) is 0 Å². The maximum Gasteiger partial charge on any atom is 0.101 e. The summed E-state index contributed by atoms with van der Waals surface area (Å²) >= 11 is 0. The van der Waals surface area contributed by atoms with Crippen molar-refractivity contribution in [3.8, 4) is 0 Å². The van der Waals surface area contributed by atoms with E-state index in [0.29, 0.717) is 0 Å². The van der Waals surface area contributed by atoms with Gasteiger partial charge in [-0.3, -0.25) is 4.99 Å². The summed E-state index contributed by atoms with van der Waals surface area (Å²) in [7, 11) is 0. The minimum atomic E-state index is 0.840. The Bertz CT molecular complexity index is 850. The minimum absolute atomic E-state index is 0.840. The van der Waals surface area contributed by atoms with Gasteiger partial charge in [0, 0.05) is 18.4 Å². The molecular weight excluding hydrogens is 280 g/mol. The third-order valence-corrected chi connectivity index (χ3v) is 4.46. The van der Waals surface area contributed by atoms with Crippen LogP contribution in [0.5, 0.6) is 0 Å². The van der Waals surface area contributed by atoms with Gasteiger partial charge in [0.1, 0.15) is 5.84 Å². The molecule has 0 aliphatic carbocycles. The van der Waals surface area contributed by atoms with E-state index in [9.17, 15) is 0 Å². The highest BCUT2D eigenvalue weighted by atomic mass is 15.0. The zero-order chi connectivity index (χ0) is 15.5. The quantitative estimate of drug-likeness (QED) is 0.735. The molecule has 1 heterocycles. The fraction of sp³-hybridized carbons (Fsp3) is 0.190. The number of rotatable bonds is 3. The summed E-state index contributed by atoms with van der Waals surface area (Å²) < 4.78 is 0. The maximum atomic E-state index is 4.79. The number of fused-ring (bicyclic) bond motifs is 3. The summed E-state index contributed by atoms with van der Waals surface area (Å²) in [6.45, 7) is 0.840. The van der Waals surface area contributed by atoms with E-state index in [1.54, 1.807) is 0 Å². The van der Waals surface area contributed by atoms with Crippen LogP contribution < -0.4 is 5.32 Å². The molecule has 0 fully saturated rings. The van der Waals surface area contributed by atoms with E-state index in [4.69, 9.17) is 4.99 Å². The van der Waals surface area contributed by atoms with Crippen molar-refractivity contribution < 1.29 is 0 Å². The molecule has 23 heavy (non-hydrogen) atoms. The molecule has 3 aromatic carbocycles. The molecule has 0 amide bonds. The molecule has 0 spiro atoms. The van der Waals surface area contributed by atoms with Gasteiger partial charge in [0.15, 0.2) is 0 Å². The number of benzene rings is 3. The molecule has 114 valence electrons. The molecular formula is C21H20N2. The average molecular weight is 300 g/mol. The first kappa shape index (κ1) is 14.0. The normalized spacial score (nSPS) is 15.4. The average Bonchev–Trinajstić information content (AvgIpc) is 2.62. The third-order valence-electron chi connectivity index (χ3n) is 4.46. The molecule has 0 bridgehead atoms. The minimum Gasteiger partial charge on any atom is -0.343 e. The Morgan fingerprint density at radius 2 is 1.65 bits per heavy atom. The van der Waals surface area contributed by atoms with Crippen LogP contribution in [0.4, 0.5) is 5.69 Å². The van der Waals surface area contributed by atoms with Gasteiger partial charge < -0.3 is 5.32 Å². The third kappa shape index (κ3) is 2.98. The van der Waals surface area contributed by atoms with Crippen LogP contribution in [-0.2, 0) is 12.8 Å². The van der Waals surface area contributed by atoms with E-state index < -0.39 is 0 Å². The van der Waals surface area contributed by atoms with Gasteiger partial charge >= 0.3 is 0 Å². The molecule has 2 heteroatoms. The maximum absolute atomic E-state index is 4.79. The van der Waals surface area contributed by atoms with Crippen molar-refractivity contribution in [3.63, 3.8) is 0 Å². The van der Waals surface area contributed by atoms with Crippen LogP contribution in [0.2, 0.25) is 0 Å². The van der Waals surface area contributed by atoms with Crippen molar-refractivity contribution in [3.05, 3.63) is 77.9 Å². The lowest BCUT2D eigenvalue weighted by molar-refractivity contribution is 0.936. The Morgan fingerprint density at radius 1 is 0.826 bits per heavy atom. The highest BCUT2D eigenvalue weighted by Crippen LogP contribution is 2.31. The van der Waals surface area contributed by atoms with Crippen LogP contribution in [0.15, 0.2) is 71.7 Å². The van der Waals surface area contributed by atoms with Crippen molar-refractivity contribution in [1.29, 1.82) is 0 Å². The second-order valence-electron chi connectivity index (χ2n) is 6.01. The van der Waals surface area contributed by atoms with Crippen molar-refractivity contribution in [2.75, 3.05) is 11.9 Å². The number of amidine groups is 1. The van der Waals surface area contributed by atoms with Crippen LogP contribution in [0.25, 0.3) is 10.8 Å². The standard InChI is InChI=1S/C21H20N2/c1-2-6-16(7-3-1)14-15-22-20-13-12-18-11-10-17-8-4-5-9-19(17)21(18)23-20/h1-11H,12-15H2,(H,22,23). The Labute approximate surface area is 136 Å². The molecule has 1 aliphatic heterocycles. The van der Waals surface area contributed by atoms with Gasteiger partial charge in [-0.1, -0.05) is 66.7 Å². The zero-order valence-corrected chi connectivity index (χ0v) is 13.1. The molecule has 1 N–H and O–H groups in total. The Balaban J connectivity index is 1.54. The van der Waals surface area contributed by atoms with Crippen LogP contribution in [0, 0.1) is 0 Å². The Morgan fingerprint density at radius 3 is 2.57 bits per heavy atom. The number of nitrogens with zero attached hydrogens (tertiary/aromatic N) is 1. The van der Waals surface area contributed by atoms with Crippen LogP contribution in [-0.4, -0.2) is 12.4 Å². The fourth-order valence-electron chi connectivity index (χ4n) is 3.22. The van der Waals surface area contributed by atoms with Gasteiger partial charge in [0.2, 0.25) is 0 Å². The van der Waals surface area contributed by atoms with E-state index in [1.165, 1.54) is 27.6 Å². The Kier molecular flexibility index (Phi) is 3.81. The SMILES string of the molecule is c1ccc(CCN=C2CCc3ccc4ccccc4c3N2)cc1. The van der Waals surface area contributed by atoms with E-state index in [1.807, 2.05) is 0 Å². The number of anilines is 1. The summed E-state index contributed by atoms with van der Waals surface area (Å²) in [5.41, 5.74) is 3.98. The lowest BCUT2D eigenvalue weighted by Gasteiger charge is -2.22. The van der Waals surface area contributed by atoms with Crippen LogP contribution in [0.3, 0.4) is 0 Å². The summed E-state index contributed by atoms with van der Waals surface area (Å²) in [5.74, 6) is 1.12. The highest BCUT2D eigenvalue weighted by Gasteiger charge is 2.15. The number of aryl methyl sites for hydroxylation is 1. The topological polar surface area (TPSA) is 24.4 Å². The van der Waals surface area contributed by atoms with Gasteiger partial charge in [0.05, 0.1) is 5.69 Å². The first-order valence-electron chi connectivity index (χ1n) is 8.25. The molecule has 0 atom stereocenters. The second-order valence-corrected chi connectivity index (χ2v) is 6.01. The Hall–Kier alpha value is -2.61. The first-order valence-corrected chi connectivity index (χ1v) is 8.25. The summed E-state index contributed by atoms with van der Waals surface area (Å²) in [6, 6.07) is 23.6. The summed E-state index contributed by atoms with van der Waals surface area (Å²) in [4.78, 5) is 4.79. The second kappa shape index (κ2) is 6.25. The molecule has 1 aliphatic rings. The monoisotopic (exact) mass is 300 g/mol. The summed E-state index contributed by atoms with van der Waals surface area (Å²) in [6.07, 6.45) is 3.06. The number of hydrogen-bond acceptors (Lipinski definition) is 1. The van der Waals surface area contributed by atoms with Gasteiger partial charge in [-0.15, -0.1) is 0 Å². The predicted octanol–water partition coefficient (Wildman–Crippen LogP) is 4.84. The highest BCUT2D eigenvalue weighted by molar-refractivity contribution is 6.07. The largest absolute Gasteiger partial charge is 0.343 e. The molecule has 2 nitrogen and oxygen atoms in total. The molecule has 3 aromatic rings. The molecule has 0 saturated carbocycles. The van der Waals surface area contributed by atoms with Crippen molar-refractivity contribution in [2.45, 2.75) is 19.3 Å². The van der Waals surface area contributed by atoms with Gasteiger partial charge in [-0.05, 0) is 29.4 Å². The number of nitrogens with one attached hydrogen (secondary N) is 1. The van der Waals surface area contributed by atoms with Crippen molar-refractivity contribution >= 4 is 22.3 Å². The smallest absolute Gasteiger partial charge is 0.101 e. The van der Waals surface area contributed by atoms with Gasteiger partial charge in [-0.25, -0.2) is 0 Å². The van der Waals surface area contributed by atoms with E-state index >= 15 is 0 Å². The van der Waals surface area contributed by atoms with Crippen molar-refractivity contribution in [2.24, 2.45) is 4.99 Å². The zero-order valence-electron chi connectivity index (χ0n) is 13.1. The van der Waals surface area contributed by atoms with E-state index in [2.05, 4.69) is 72.0 Å². The lowest BCUT2D eigenvalue weighted by atomic mass is 9.97. The summed E-state index contributed by atoms with van der Waals surface area (Å²) in [5, 5.41) is 6.15. The van der Waals surface area contributed by atoms with E-state index in [-0.39, 0.29) is 0 Å². The predicted molar refractivity (Wildman–Crippen MR) is 98.3 cm³/mol. The van der Waals surface area contributed by atoms with Crippen LogP contribution in [0.1, 0.15) is 17.5 Å². The number of hydrogen-bond donors (Lipinski definition) is 1. The fourth-order valence-corrected chi connectivity index (χ4v) is 3.22. The number of aliphatic imine (C=N–C) groups is 1. The van der Waals surface area contributed by atoms with Gasteiger partial charge in [0.25, 0.3) is 0 Å². The van der Waals surface area contributed by atoms with Crippen LogP contribution >= 0.6 is 0 Å². The molecule has 0 radical (unpaired) electrons. The molecule has 0 aromatic heterocycles. The molecule has 0 saturated heterocycles. The first-order chi connectivity index (χ1) is 11.4. The van der Waals surface area contributed by atoms with Crippen molar-refractivity contribution in [1.82, 2.24) is 0 Å².